The van der Waals surface area contributed by atoms with Crippen LogP contribution in [-0.4, -0.2) is 38.8 Å². The van der Waals surface area contributed by atoms with Gasteiger partial charge in [0.15, 0.2) is 4.21 Å². The van der Waals surface area contributed by atoms with Crippen molar-refractivity contribution in [3.05, 3.63) is 45.3 Å². The van der Waals surface area contributed by atoms with Crippen molar-refractivity contribution in [3.8, 4) is 0 Å². The van der Waals surface area contributed by atoms with Gasteiger partial charge in [0.1, 0.15) is 0 Å². The van der Waals surface area contributed by atoms with E-state index in [9.17, 15) is 18.0 Å². The van der Waals surface area contributed by atoms with Crippen molar-refractivity contribution in [2.75, 3.05) is 18.4 Å². The maximum atomic E-state index is 13.3. The molecule has 168 valence electrons. The molecule has 1 N–H and O–H groups in total. The first-order valence-corrected chi connectivity index (χ1v) is 12.4. The smallest absolute Gasteiger partial charge is 0.340 e. The van der Waals surface area contributed by atoms with E-state index in [0.717, 1.165) is 22.5 Å². The first-order valence-electron chi connectivity index (χ1n) is 10.1. The third-order valence-electron chi connectivity index (χ3n) is 5.44. The average Bonchev–Trinajstić information content (AvgIpc) is 3.10. The van der Waals surface area contributed by atoms with E-state index in [1.54, 1.807) is 17.0 Å². The molecule has 0 saturated heterocycles. The number of hydrogen-bond acceptors (Lipinski definition) is 6. The summed E-state index contributed by atoms with van der Waals surface area (Å²) in [5, 5.41) is 0. The van der Waals surface area contributed by atoms with Gasteiger partial charge in [-0.15, -0.1) is 11.3 Å². The van der Waals surface area contributed by atoms with Crippen LogP contribution < -0.4 is 4.72 Å². The Morgan fingerprint density at radius 3 is 2.61 bits per heavy atom. The quantitative estimate of drug-likeness (QED) is 0.655. The minimum Gasteiger partial charge on any atom is -0.465 e. The first-order chi connectivity index (χ1) is 14.5. The highest BCUT2D eigenvalue weighted by atomic mass is 32.2. The zero-order valence-corrected chi connectivity index (χ0v) is 20.1. The predicted octanol–water partition coefficient (Wildman–Crippen LogP) is 3.88. The molecule has 0 bridgehead atoms. The lowest BCUT2D eigenvalue weighted by atomic mass is 10.0. The second-order valence-corrected chi connectivity index (χ2v) is 11.2. The van der Waals surface area contributed by atoms with Gasteiger partial charge in [-0.2, -0.15) is 0 Å². The summed E-state index contributed by atoms with van der Waals surface area (Å²) in [7, 11) is -2.79. The van der Waals surface area contributed by atoms with Gasteiger partial charge in [0.05, 0.1) is 24.9 Å². The molecule has 2 aromatic rings. The van der Waals surface area contributed by atoms with E-state index >= 15 is 0 Å². The fourth-order valence-corrected chi connectivity index (χ4v) is 6.64. The summed E-state index contributed by atoms with van der Waals surface area (Å²) in [5.41, 5.74) is 2.98. The number of sulfonamides is 1. The van der Waals surface area contributed by atoms with Gasteiger partial charge >= 0.3 is 5.97 Å². The first kappa shape index (κ1) is 23.3. The molecule has 0 atom stereocenters. The van der Waals surface area contributed by atoms with Crippen molar-refractivity contribution in [1.82, 2.24) is 4.90 Å². The number of aryl methyl sites for hydroxylation is 1. The molecular weight excluding hydrogens is 436 g/mol. The van der Waals surface area contributed by atoms with Crippen molar-refractivity contribution < 1.29 is 22.7 Å². The van der Waals surface area contributed by atoms with E-state index < -0.39 is 16.0 Å². The van der Waals surface area contributed by atoms with Crippen LogP contribution in [0, 0.1) is 19.8 Å². The van der Waals surface area contributed by atoms with Crippen LogP contribution in [0.25, 0.3) is 0 Å². The Bertz CT molecular complexity index is 1120. The molecule has 1 aromatic carbocycles. The summed E-state index contributed by atoms with van der Waals surface area (Å²) < 4.78 is 34.1. The number of benzene rings is 1. The second kappa shape index (κ2) is 9.00. The summed E-state index contributed by atoms with van der Waals surface area (Å²) in [4.78, 5) is 27.5. The number of ether oxygens (including phenoxy) is 1. The zero-order chi connectivity index (χ0) is 22.9. The Balaban J connectivity index is 2.01. The van der Waals surface area contributed by atoms with Gasteiger partial charge < -0.3 is 9.64 Å². The van der Waals surface area contributed by atoms with Gasteiger partial charge in [0, 0.05) is 17.8 Å². The largest absolute Gasteiger partial charge is 0.465 e. The molecule has 0 unspecified atom stereocenters. The monoisotopic (exact) mass is 464 g/mol. The van der Waals surface area contributed by atoms with E-state index in [4.69, 9.17) is 4.74 Å². The van der Waals surface area contributed by atoms with Gasteiger partial charge in [0.2, 0.25) is 5.91 Å². The zero-order valence-electron chi connectivity index (χ0n) is 18.4. The van der Waals surface area contributed by atoms with Crippen molar-refractivity contribution in [2.24, 2.45) is 5.92 Å². The second-order valence-electron chi connectivity index (χ2n) is 8.17. The number of thiophene rings is 1. The molecule has 1 aromatic heterocycles. The van der Waals surface area contributed by atoms with Gasteiger partial charge in [-0.05, 0) is 48.9 Å². The Hall–Kier alpha value is -2.39. The molecule has 1 aliphatic heterocycles. The average molecular weight is 465 g/mol. The maximum absolute atomic E-state index is 13.3. The molecule has 2 heterocycles. The number of amides is 1. The van der Waals surface area contributed by atoms with E-state index in [-0.39, 0.29) is 21.6 Å². The minimum absolute atomic E-state index is 0.0339. The van der Waals surface area contributed by atoms with Gasteiger partial charge in [-0.25, -0.2) is 13.2 Å². The third kappa shape index (κ3) is 4.77. The molecule has 9 heteroatoms. The number of nitrogens with one attached hydrogen (secondary N) is 1. The maximum Gasteiger partial charge on any atom is 0.340 e. The lowest BCUT2D eigenvalue weighted by Gasteiger charge is -2.27. The van der Waals surface area contributed by atoms with Crippen molar-refractivity contribution in [1.29, 1.82) is 0 Å². The summed E-state index contributed by atoms with van der Waals surface area (Å²) in [6, 6.07) is 5.37. The topological polar surface area (TPSA) is 92.8 Å². The van der Waals surface area contributed by atoms with E-state index in [0.29, 0.717) is 42.1 Å². The molecule has 31 heavy (non-hydrogen) atoms. The van der Waals surface area contributed by atoms with Crippen molar-refractivity contribution >= 4 is 38.9 Å². The lowest BCUT2D eigenvalue weighted by Crippen LogP contribution is -2.36. The van der Waals surface area contributed by atoms with Crippen LogP contribution in [0.1, 0.15) is 52.2 Å². The number of carbonyl (C=O) groups is 2. The SMILES string of the molecule is COC(=O)c1c(S(=O)(=O)Nc2cccc(C)c2C)sc2c1CCN(C(=O)CC(C)C)C2. The lowest BCUT2D eigenvalue weighted by molar-refractivity contribution is -0.132. The van der Waals surface area contributed by atoms with Crippen LogP contribution >= 0.6 is 11.3 Å². The number of rotatable bonds is 6. The van der Waals surface area contributed by atoms with E-state index in [2.05, 4.69) is 4.72 Å². The van der Waals surface area contributed by atoms with Crippen LogP contribution in [0.4, 0.5) is 5.69 Å². The Labute approximate surface area is 187 Å². The molecular formula is C22H28N2O5S2. The molecule has 0 spiro atoms. The van der Waals surface area contributed by atoms with Gasteiger partial charge in [-0.3, -0.25) is 9.52 Å². The van der Waals surface area contributed by atoms with Crippen molar-refractivity contribution in [2.45, 2.75) is 51.3 Å². The fraction of sp³-hybridized carbons (Fsp3) is 0.455. The van der Waals surface area contributed by atoms with Crippen LogP contribution in [0.5, 0.6) is 0 Å². The van der Waals surface area contributed by atoms with E-state index in [1.807, 2.05) is 33.8 Å². The molecule has 0 aliphatic carbocycles. The minimum atomic E-state index is -4.02. The molecule has 0 fully saturated rings. The number of methoxy groups -OCH3 is 1. The van der Waals surface area contributed by atoms with Crippen LogP contribution in [0.15, 0.2) is 22.4 Å². The normalized spacial score (nSPS) is 13.8. The van der Waals surface area contributed by atoms with Crippen LogP contribution in [0.2, 0.25) is 0 Å². The van der Waals surface area contributed by atoms with Crippen molar-refractivity contribution in [3.63, 3.8) is 0 Å². The summed E-state index contributed by atoms with van der Waals surface area (Å²) in [6.07, 6.45) is 0.850. The van der Waals surface area contributed by atoms with E-state index in [1.165, 1.54) is 7.11 Å². The number of nitrogens with zero attached hydrogens (tertiary/aromatic N) is 1. The Morgan fingerprint density at radius 1 is 1.26 bits per heavy atom. The molecule has 7 nitrogen and oxygen atoms in total. The summed E-state index contributed by atoms with van der Waals surface area (Å²) >= 11 is 1.04. The summed E-state index contributed by atoms with van der Waals surface area (Å²) in [5.74, 6) is -0.409. The number of anilines is 1. The molecule has 0 radical (unpaired) electrons. The number of fused-ring (bicyclic) bond motifs is 1. The van der Waals surface area contributed by atoms with Gasteiger partial charge in [-0.1, -0.05) is 26.0 Å². The van der Waals surface area contributed by atoms with Gasteiger partial charge in [0.25, 0.3) is 10.0 Å². The highest BCUT2D eigenvalue weighted by Gasteiger charge is 2.35. The number of esters is 1. The summed E-state index contributed by atoms with van der Waals surface area (Å²) in [6.45, 7) is 8.46. The number of hydrogen-bond donors (Lipinski definition) is 1. The molecule has 1 amide bonds. The molecule has 0 saturated carbocycles. The van der Waals surface area contributed by atoms with Crippen LogP contribution in [0.3, 0.4) is 0 Å². The third-order valence-corrected chi connectivity index (χ3v) is 8.54. The predicted molar refractivity (Wildman–Crippen MR) is 121 cm³/mol. The Kier molecular flexibility index (Phi) is 6.76. The highest BCUT2D eigenvalue weighted by Crippen LogP contribution is 2.38. The molecule has 1 aliphatic rings. The van der Waals surface area contributed by atoms with Crippen LogP contribution in [-0.2, 0) is 32.5 Å². The fourth-order valence-electron chi connectivity index (χ4n) is 3.62. The highest BCUT2D eigenvalue weighted by molar-refractivity contribution is 7.94. The number of carbonyl (C=O) groups excluding carboxylic acids is 2. The molecule has 3 rings (SSSR count). The standard InChI is InChI=1S/C22H28N2O5S2/c1-13(2)11-19(25)24-10-9-16-18(12-24)30-22(20(16)21(26)29-5)31(27,28)23-17-8-6-7-14(3)15(17)4/h6-8,13,23H,9-12H2,1-5H3. The Morgan fingerprint density at radius 2 is 1.97 bits per heavy atom.